The largest absolute Gasteiger partial charge is 0.466 e. The van der Waals surface area contributed by atoms with Gasteiger partial charge in [0.25, 0.3) is 0 Å². The third kappa shape index (κ3) is 2.22. The maximum atomic E-state index is 4.88. The summed E-state index contributed by atoms with van der Waals surface area (Å²) in [5.74, 6) is 0. The van der Waals surface area contributed by atoms with Crippen LogP contribution in [0.25, 0.3) is 11.4 Å². The van der Waals surface area contributed by atoms with Gasteiger partial charge in [-0.05, 0) is 6.26 Å². The first-order valence-electron chi connectivity index (χ1n) is 4.31. The van der Waals surface area contributed by atoms with Gasteiger partial charge in [-0.25, -0.2) is 4.98 Å². The molecule has 0 N–H and O–H groups in total. The first-order chi connectivity index (χ1) is 7.83. The molecule has 0 unspecified atom stereocenters. The van der Waals surface area contributed by atoms with E-state index in [4.69, 9.17) is 4.74 Å². The molecule has 0 fully saturated rings. The van der Waals surface area contributed by atoms with Crippen molar-refractivity contribution >= 4 is 11.8 Å². The highest BCUT2D eigenvalue weighted by atomic mass is 32.2. The molecule has 0 atom stereocenters. The molecular weight excluding hydrogens is 228 g/mol. The van der Waals surface area contributed by atoms with Gasteiger partial charge in [-0.1, -0.05) is 16.9 Å². The number of thioether (sulfide) groups is 1. The predicted octanol–water partition coefficient (Wildman–Crippen LogP) is 0.454. The molecule has 0 saturated carbocycles. The normalized spacial score (nSPS) is 10.1. The van der Waals surface area contributed by atoms with Crippen LogP contribution >= 0.6 is 11.8 Å². The topological polar surface area (TPSA) is 86.6 Å². The van der Waals surface area contributed by atoms with Crippen molar-refractivity contribution in [2.45, 2.75) is 5.16 Å². The van der Waals surface area contributed by atoms with Crippen molar-refractivity contribution in [2.75, 3.05) is 13.4 Å². The molecule has 7 nitrogen and oxygen atoms in total. The number of ether oxygens (including phenoxy) is 1. The average Bonchev–Trinajstić information content (AvgIpc) is 2.39. The van der Waals surface area contributed by atoms with Crippen LogP contribution in [0.3, 0.4) is 0 Å². The van der Waals surface area contributed by atoms with Crippen LogP contribution in [0.4, 0.5) is 0 Å². The van der Waals surface area contributed by atoms with E-state index in [1.165, 1.54) is 31.3 Å². The third-order valence-electron chi connectivity index (χ3n) is 1.71. The van der Waals surface area contributed by atoms with Gasteiger partial charge in [0.1, 0.15) is 11.4 Å². The van der Waals surface area contributed by atoms with Crippen molar-refractivity contribution in [1.29, 1.82) is 0 Å². The molecule has 2 aromatic heterocycles. The molecule has 0 saturated heterocycles. The summed E-state index contributed by atoms with van der Waals surface area (Å²) in [6.07, 6.45) is 4.89. The Morgan fingerprint density at radius 1 is 1.06 bits per heavy atom. The van der Waals surface area contributed by atoms with Crippen LogP contribution < -0.4 is 4.74 Å². The number of aromatic nitrogens is 6. The number of rotatable bonds is 3. The number of hydrogen-bond donors (Lipinski definition) is 0. The maximum Gasteiger partial charge on any atom is 0.336 e. The van der Waals surface area contributed by atoms with Crippen molar-refractivity contribution in [3.05, 3.63) is 12.4 Å². The van der Waals surface area contributed by atoms with E-state index in [0.717, 1.165) is 0 Å². The molecule has 16 heavy (non-hydrogen) atoms. The molecule has 2 aromatic rings. The molecule has 0 aliphatic rings. The van der Waals surface area contributed by atoms with Crippen molar-refractivity contribution in [3.63, 3.8) is 0 Å². The molecule has 82 valence electrons. The van der Waals surface area contributed by atoms with Gasteiger partial charge >= 0.3 is 6.01 Å². The summed E-state index contributed by atoms with van der Waals surface area (Å²) < 4.78 is 4.88. The van der Waals surface area contributed by atoms with Crippen LogP contribution in [0.15, 0.2) is 17.6 Å². The molecule has 0 aliphatic heterocycles. The Labute approximate surface area is 95.7 Å². The second kappa shape index (κ2) is 4.79. The van der Waals surface area contributed by atoms with Gasteiger partial charge in [0.2, 0.25) is 5.16 Å². The lowest BCUT2D eigenvalue weighted by atomic mass is 10.3. The standard InChI is InChI=1S/C8H8N6OS/c1-15-7-11-5(3-9-13-7)6-4-10-14-8(12-6)16-2/h3-4H,1-2H3. The molecule has 0 aliphatic carbocycles. The Kier molecular flexibility index (Phi) is 3.20. The lowest BCUT2D eigenvalue weighted by molar-refractivity contribution is 0.374. The molecule has 8 heteroatoms. The first-order valence-corrected chi connectivity index (χ1v) is 5.53. The van der Waals surface area contributed by atoms with Gasteiger partial charge in [0.15, 0.2) is 0 Å². The van der Waals surface area contributed by atoms with Crippen molar-refractivity contribution in [3.8, 4) is 17.4 Å². The minimum atomic E-state index is 0.196. The summed E-state index contributed by atoms with van der Waals surface area (Å²) in [5, 5.41) is 15.7. The van der Waals surface area contributed by atoms with E-state index in [-0.39, 0.29) is 6.01 Å². The van der Waals surface area contributed by atoms with Gasteiger partial charge in [0.05, 0.1) is 19.5 Å². The molecule has 0 aromatic carbocycles. The SMILES string of the molecule is COc1nncc(-c2cnnc(SC)n2)n1. The van der Waals surface area contributed by atoms with Crippen LogP contribution in [0.5, 0.6) is 6.01 Å². The highest BCUT2D eigenvalue weighted by molar-refractivity contribution is 7.98. The lowest BCUT2D eigenvalue weighted by Crippen LogP contribution is -1.99. The highest BCUT2D eigenvalue weighted by Gasteiger charge is 2.06. The fourth-order valence-corrected chi connectivity index (χ4v) is 1.31. The minimum absolute atomic E-state index is 0.196. The van der Waals surface area contributed by atoms with Crippen LogP contribution in [-0.4, -0.2) is 43.7 Å². The Morgan fingerprint density at radius 2 is 1.75 bits per heavy atom. The fourth-order valence-electron chi connectivity index (χ4n) is 0.994. The van der Waals surface area contributed by atoms with Crippen LogP contribution in [-0.2, 0) is 0 Å². The van der Waals surface area contributed by atoms with E-state index in [1.807, 2.05) is 6.26 Å². The number of hydrogen-bond acceptors (Lipinski definition) is 8. The summed E-state index contributed by atoms with van der Waals surface area (Å²) in [7, 11) is 1.48. The smallest absolute Gasteiger partial charge is 0.336 e. The Morgan fingerprint density at radius 3 is 2.44 bits per heavy atom. The second-order valence-electron chi connectivity index (χ2n) is 2.66. The highest BCUT2D eigenvalue weighted by Crippen LogP contribution is 2.15. The summed E-state index contributed by atoms with van der Waals surface area (Å²) in [5.41, 5.74) is 1.14. The lowest BCUT2D eigenvalue weighted by Gasteiger charge is -2.01. The molecule has 0 spiro atoms. The molecule has 2 rings (SSSR count). The zero-order chi connectivity index (χ0) is 11.4. The Hall–Kier alpha value is -1.83. The summed E-state index contributed by atoms with van der Waals surface area (Å²) in [4.78, 5) is 8.34. The van der Waals surface area contributed by atoms with Gasteiger partial charge in [-0.15, -0.1) is 5.10 Å². The van der Waals surface area contributed by atoms with Gasteiger partial charge in [-0.2, -0.15) is 15.2 Å². The molecule has 0 bridgehead atoms. The average molecular weight is 236 g/mol. The van der Waals surface area contributed by atoms with E-state index in [0.29, 0.717) is 16.5 Å². The Balaban J connectivity index is 2.41. The van der Waals surface area contributed by atoms with E-state index < -0.39 is 0 Å². The van der Waals surface area contributed by atoms with E-state index in [9.17, 15) is 0 Å². The quantitative estimate of drug-likeness (QED) is 0.710. The van der Waals surface area contributed by atoms with Gasteiger partial charge in [0, 0.05) is 0 Å². The zero-order valence-electron chi connectivity index (χ0n) is 8.65. The minimum Gasteiger partial charge on any atom is -0.466 e. The summed E-state index contributed by atoms with van der Waals surface area (Å²) in [6.45, 7) is 0. The first kappa shape index (κ1) is 10.7. The van der Waals surface area contributed by atoms with Crippen molar-refractivity contribution in [1.82, 2.24) is 30.4 Å². The predicted molar refractivity (Wildman–Crippen MR) is 57.0 cm³/mol. The molecule has 2 heterocycles. The molecule has 0 amide bonds. The summed E-state index contributed by atoms with van der Waals surface area (Å²) >= 11 is 1.41. The number of nitrogens with zero attached hydrogens (tertiary/aromatic N) is 6. The van der Waals surface area contributed by atoms with Crippen LogP contribution in [0.1, 0.15) is 0 Å². The van der Waals surface area contributed by atoms with Crippen LogP contribution in [0, 0.1) is 0 Å². The summed E-state index contributed by atoms with van der Waals surface area (Å²) in [6, 6.07) is 0.196. The van der Waals surface area contributed by atoms with E-state index in [2.05, 4.69) is 30.4 Å². The van der Waals surface area contributed by atoms with Gasteiger partial charge in [-0.3, -0.25) is 0 Å². The monoisotopic (exact) mass is 236 g/mol. The van der Waals surface area contributed by atoms with Crippen molar-refractivity contribution < 1.29 is 4.74 Å². The number of methoxy groups -OCH3 is 1. The van der Waals surface area contributed by atoms with Crippen molar-refractivity contribution in [2.24, 2.45) is 0 Å². The van der Waals surface area contributed by atoms with Crippen LogP contribution in [0.2, 0.25) is 0 Å². The zero-order valence-corrected chi connectivity index (χ0v) is 9.47. The fraction of sp³-hybridized carbons (Fsp3) is 0.250. The molecular formula is C8H8N6OS. The second-order valence-corrected chi connectivity index (χ2v) is 3.43. The van der Waals surface area contributed by atoms with Gasteiger partial charge < -0.3 is 4.74 Å². The third-order valence-corrected chi connectivity index (χ3v) is 2.24. The molecule has 0 radical (unpaired) electrons. The van der Waals surface area contributed by atoms with E-state index >= 15 is 0 Å². The van der Waals surface area contributed by atoms with E-state index in [1.54, 1.807) is 0 Å². The Bertz CT molecular complexity index is 448. The maximum absolute atomic E-state index is 4.88.